The fraction of sp³-hybridized carbons (Fsp3) is 0.500. The van der Waals surface area contributed by atoms with Crippen LogP contribution in [0.5, 0.6) is 0 Å². The van der Waals surface area contributed by atoms with Crippen molar-refractivity contribution in [3.63, 3.8) is 0 Å². The van der Waals surface area contributed by atoms with E-state index < -0.39 is 5.41 Å². The lowest BCUT2D eigenvalue weighted by Gasteiger charge is -2.17. The highest BCUT2D eigenvalue weighted by Gasteiger charge is 2.42. The van der Waals surface area contributed by atoms with Crippen molar-refractivity contribution < 1.29 is 9.53 Å². The topological polar surface area (TPSA) is 41.6 Å². The van der Waals surface area contributed by atoms with Gasteiger partial charge in [-0.1, -0.05) is 12.1 Å². The SMILES string of the molecule is CN1C(=O)C(C)(C)c2cc(C3CNCO3)ccc21. The molecule has 0 spiro atoms. The molecule has 1 fully saturated rings. The summed E-state index contributed by atoms with van der Waals surface area (Å²) in [6.45, 7) is 5.40. The van der Waals surface area contributed by atoms with Gasteiger partial charge in [0.2, 0.25) is 5.91 Å². The van der Waals surface area contributed by atoms with Gasteiger partial charge in [0.25, 0.3) is 0 Å². The van der Waals surface area contributed by atoms with Gasteiger partial charge < -0.3 is 9.64 Å². The Morgan fingerprint density at radius 3 is 2.89 bits per heavy atom. The maximum atomic E-state index is 12.2. The largest absolute Gasteiger partial charge is 0.357 e. The number of nitrogens with zero attached hydrogens (tertiary/aromatic N) is 1. The molecule has 1 N–H and O–H groups in total. The third-order valence-electron chi connectivity index (χ3n) is 3.98. The summed E-state index contributed by atoms with van der Waals surface area (Å²) in [5, 5.41) is 3.18. The van der Waals surface area contributed by atoms with Crippen LogP contribution < -0.4 is 10.2 Å². The summed E-state index contributed by atoms with van der Waals surface area (Å²) in [5.74, 6) is 0.153. The van der Waals surface area contributed by atoms with E-state index in [2.05, 4.69) is 17.4 Å². The number of ether oxygens (including phenoxy) is 1. The second-order valence-electron chi connectivity index (χ2n) is 5.52. The Kier molecular flexibility index (Phi) is 2.47. The van der Waals surface area contributed by atoms with Crippen molar-refractivity contribution in [3.8, 4) is 0 Å². The van der Waals surface area contributed by atoms with Gasteiger partial charge in [0.05, 0.1) is 18.2 Å². The molecule has 4 heteroatoms. The molecule has 0 bridgehead atoms. The molecule has 0 aromatic heterocycles. The minimum atomic E-state index is -0.438. The predicted molar refractivity (Wildman–Crippen MR) is 69.6 cm³/mol. The summed E-state index contributed by atoms with van der Waals surface area (Å²) in [6, 6.07) is 6.20. The summed E-state index contributed by atoms with van der Waals surface area (Å²) in [4.78, 5) is 13.9. The highest BCUT2D eigenvalue weighted by atomic mass is 16.5. The van der Waals surface area contributed by atoms with E-state index in [4.69, 9.17) is 4.74 Å². The Morgan fingerprint density at radius 2 is 2.22 bits per heavy atom. The fourth-order valence-corrected chi connectivity index (χ4v) is 2.81. The van der Waals surface area contributed by atoms with Crippen LogP contribution in [0.1, 0.15) is 31.1 Å². The smallest absolute Gasteiger partial charge is 0.236 e. The van der Waals surface area contributed by atoms with Crippen molar-refractivity contribution in [2.24, 2.45) is 0 Å². The van der Waals surface area contributed by atoms with E-state index in [0.29, 0.717) is 6.73 Å². The first kappa shape index (κ1) is 11.7. The lowest BCUT2D eigenvalue weighted by atomic mass is 9.85. The van der Waals surface area contributed by atoms with Crippen LogP contribution in [0.2, 0.25) is 0 Å². The van der Waals surface area contributed by atoms with Gasteiger partial charge in [0.1, 0.15) is 0 Å². The molecule has 0 saturated carbocycles. The molecule has 18 heavy (non-hydrogen) atoms. The molecule has 4 nitrogen and oxygen atoms in total. The normalized spacial score (nSPS) is 25.6. The number of nitrogens with one attached hydrogen (secondary N) is 1. The van der Waals surface area contributed by atoms with Gasteiger partial charge >= 0.3 is 0 Å². The first-order chi connectivity index (χ1) is 8.51. The molecule has 1 amide bonds. The van der Waals surface area contributed by atoms with Gasteiger partial charge in [-0.25, -0.2) is 0 Å². The zero-order chi connectivity index (χ0) is 12.9. The predicted octanol–water partition coefficient (Wildman–Crippen LogP) is 1.56. The van der Waals surface area contributed by atoms with Crippen molar-refractivity contribution in [2.45, 2.75) is 25.4 Å². The van der Waals surface area contributed by atoms with Crippen molar-refractivity contribution in [1.82, 2.24) is 5.32 Å². The number of carbonyl (C=O) groups excluding carboxylic acids is 1. The number of anilines is 1. The Labute approximate surface area is 107 Å². The molecule has 1 aromatic rings. The molecule has 1 unspecified atom stereocenters. The van der Waals surface area contributed by atoms with Crippen LogP contribution in [0.4, 0.5) is 5.69 Å². The second kappa shape index (κ2) is 3.80. The van der Waals surface area contributed by atoms with Gasteiger partial charge in [-0.05, 0) is 31.0 Å². The number of hydrogen-bond donors (Lipinski definition) is 1. The Morgan fingerprint density at radius 1 is 1.44 bits per heavy atom. The maximum Gasteiger partial charge on any atom is 0.236 e. The molecular weight excluding hydrogens is 228 g/mol. The Hall–Kier alpha value is -1.39. The zero-order valence-corrected chi connectivity index (χ0v) is 11.0. The van der Waals surface area contributed by atoms with Crippen molar-refractivity contribution in [2.75, 3.05) is 25.2 Å². The van der Waals surface area contributed by atoms with Crippen LogP contribution in [0.3, 0.4) is 0 Å². The average Bonchev–Trinajstić information content (AvgIpc) is 2.94. The second-order valence-corrected chi connectivity index (χ2v) is 5.52. The lowest BCUT2D eigenvalue weighted by molar-refractivity contribution is -0.121. The molecule has 2 aliphatic rings. The van der Waals surface area contributed by atoms with Gasteiger partial charge in [0.15, 0.2) is 0 Å². The highest BCUT2D eigenvalue weighted by Crippen LogP contribution is 2.42. The van der Waals surface area contributed by atoms with Crippen molar-refractivity contribution in [3.05, 3.63) is 29.3 Å². The highest BCUT2D eigenvalue weighted by molar-refractivity contribution is 6.07. The van der Waals surface area contributed by atoms with E-state index in [-0.39, 0.29) is 12.0 Å². The Balaban J connectivity index is 2.06. The quantitative estimate of drug-likeness (QED) is 0.817. The maximum absolute atomic E-state index is 12.2. The number of likely N-dealkylation sites (N-methyl/N-ethyl adjacent to an activating group) is 1. The summed E-state index contributed by atoms with van der Waals surface area (Å²) in [5.41, 5.74) is 2.82. The molecule has 0 aliphatic carbocycles. The number of hydrogen-bond acceptors (Lipinski definition) is 3. The summed E-state index contributed by atoms with van der Waals surface area (Å²) in [6.07, 6.45) is 0.104. The first-order valence-electron chi connectivity index (χ1n) is 6.26. The van der Waals surface area contributed by atoms with Crippen molar-refractivity contribution >= 4 is 11.6 Å². The molecule has 1 saturated heterocycles. The standard InChI is InChI=1S/C14H18N2O2/c1-14(2)10-6-9(12-7-15-8-18-12)4-5-11(10)16(3)13(14)17/h4-6,12,15H,7-8H2,1-3H3. The van der Waals surface area contributed by atoms with E-state index in [1.807, 2.05) is 27.0 Å². The van der Waals surface area contributed by atoms with Crippen LogP contribution >= 0.6 is 0 Å². The van der Waals surface area contributed by atoms with Crippen LogP contribution in [0.15, 0.2) is 18.2 Å². The van der Waals surface area contributed by atoms with E-state index in [0.717, 1.165) is 23.4 Å². The van der Waals surface area contributed by atoms with E-state index >= 15 is 0 Å². The lowest BCUT2D eigenvalue weighted by Crippen LogP contribution is -2.33. The molecule has 96 valence electrons. The zero-order valence-electron chi connectivity index (χ0n) is 11.0. The summed E-state index contributed by atoms with van der Waals surface area (Å²) < 4.78 is 5.61. The third-order valence-corrected chi connectivity index (χ3v) is 3.98. The van der Waals surface area contributed by atoms with Crippen LogP contribution in [-0.2, 0) is 14.9 Å². The fourth-order valence-electron chi connectivity index (χ4n) is 2.81. The molecule has 2 aliphatic heterocycles. The number of amides is 1. The van der Waals surface area contributed by atoms with Gasteiger partial charge in [0, 0.05) is 19.3 Å². The third kappa shape index (κ3) is 1.49. The number of benzene rings is 1. The molecule has 0 radical (unpaired) electrons. The number of rotatable bonds is 1. The molecule has 2 heterocycles. The number of fused-ring (bicyclic) bond motifs is 1. The summed E-state index contributed by atoms with van der Waals surface area (Å²) >= 11 is 0. The van der Waals surface area contributed by atoms with Crippen LogP contribution in [-0.4, -0.2) is 26.2 Å². The monoisotopic (exact) mass is 246 g/mol. The Bertz CT molecular complexity index is 505. The molecule has 1 atom stereocenters. The average molecular weight is 246 g/mol. The molecule has 3 rings (SSSR count). The van der Waals surface area contributed by atoms with E-state index in [1.165, 1.54) is 0 Å². The minimum absolute atomic E-state index is 0.104. The van der Waals surface area contributed by atoms with E-state index in [1.54, 1.807) is 4.90 Å². The molecular formula is C14H18N2O2. The summed E-state index contributed by atoms with van der Waals surface area (Å²) in [7, 11) is 1.84. The van der Waals surface area contributed by atoms with Gasteiger partial charge in [-0.3, -0.25) is 10.1 Å². The van der Waals surface area contributed by atoms with Crippen LogP contribution in [0.25, 0.3) is 0 Å². The van der Waals surface area contributed by atoms with E-state index in [9.17, 15) is 4.79 Å². The van der Waals surface area contributed by atoms with Gasteiger partial charge in [-0.2, -0.15) is 0 Å². The minimum Gasteiger partial charge on any atom is -0.357 e. The van der Waals surface area contributed by atoms with Crippen molar-refractivity contribution in [1.29, 1.82) is 0 Å². The van der Waals surface area contributed by atoms with Gasteiger partial charge in [-0.15, -0.1) is 0 Å². The molecule has 1 aromatic carbocycles. The first-order valence-corrected chi connectivity index (χ1v) is 6.26. The van der Waals surface area contributed by atoms with Crippen LogP contribution in [0, 0.1) is 0 Å². The number of carbonyl (C=O) groups is 1.